The second-order valence-electron chi connectivity index (χ2n) is 11.7. The number of aryl methyl sites for hydroxylation is 1. The predicted molar refractivity (Wildman–Crippen MR) is 164 cm³/mol. The average Bonchev–Trinajstić information content (AvgIpc) is 3.26. The molecule has 2 N–H and O–H groups in total. The van der Waals surface area contributed by atoms with Crippen molar-refractivity contribution in [3.63, 3.8) is 0 Å². The number of hydroxylamine groups is 2. The molecule has 1 saturated heterocycles. The van der Waals surface area contributed by atoms with Crippen molar-refractivity contribution in [2.45, 2.75) is 63.7 Å². The number of hydrogen-bond donors (Lipinski definition) is 2. The Labute approximate surface area is 247 Å². The summed E-state index contributed by atoms with van der Waals surface area (Å²) in [5.41, 5.74) is -0.656. The van der Waals surface area contributed by atoms with E-state index in [-0.39, 0.29) is 24.9 Å². The Hall–Kier alpha value is -2.90. The van der Waals surface area contributed by atoms with E-state index in [9.17, 15) is 14.7 Å². The molecule has 1 aliphatic heterocycles. The molecule has 0 amide bonds. The van der Waals surface area contributed by atoms with Gasteiger partial charge in [-0.15, -0.1) is 0 Å². The average molecular weight is 598 g/mol. The van der Waals surface area contributed by atoms with E-state index in [1.54, 1.807) is 19.2 Å². The van der Waals surface area contributed by atoms with E-state index in [2.05, 4.69) is 50.0 Å². The second kappa shape index (κ2) is 13.6. The lowest BCUT2D eigenvalue weighted by Gasteiger charge is -2.43. The zero-order valence-electron chi connectivity index (χ0n) is 25.3. The van der Waals surface area contributed by atoms with E-state index in [1.165, 1.54) is 10.8 Å². The molecule has 228 valence electrons. The van der Waals surface area contributed by atoms with Gasteiger partial charge in [0.1, 0.15) is 18.3 Å². The molecular weight excluding hydrogens is 554 g/mol. The summed E-state index contributed by atoms with van der Waals surface area (Å²) in [5, 5.41) is 15.0. The van der Waals surface area contributed by atoms with Gasteiger partial charge < -0.3 is 19.0 Å². The number of benzene rings is 2. The number of H-pyrrole nitrogens is 1. The number of nitrogens with one attached hydrogen (secondary N) is 1. The van der Waals surface area contributed by atoms with Crippen LogP contribution in [0.15, 0.2) is 76.4 Å². The highest BCUT2D eigenvalue weighted by atomic mass is 28.4. The van der Waals surface area contributed by atoms with Gasteiger partial charge in [0.2, 0.25) is 0 Å². The summed E-state index contributed by atoms with van der Waals surface area (Å²) in [6.45, 7) is 8.83. The molecule has 3 aromatic rings. The van der Waals surface area contributed by atoms with Crippen LogP contribution in [0.4, 0.5) is 0 Å². The fourth-order valence-electron chi connectivity index (χ4n) is 5.60. The highest BCUT2D eigenvalue weighted by Gasteiger charge is 2.52. The minimum absolute atomic E-state index is 0.0672. The SMILES string of the molecule is CCc1cn([C@@H]2O[C@H](CO[Si](c3ccccc3)(c3ccccc3)C(C)(C)C)[C@@H](O)[C@H]2OCCON(C)C)c(=O)[nH]c1=O. The van der Waals surface area contributed by atoms with Gasteiger partial charge in [0.15, 0.2) is 6.23 Å². The van der Waals surface area contributed by atoms with E-state index >= 15 is 0 Å². The Balaban J connectivity index is 1.69. The van der Waals surface area contributed by atoms with Crippen LogP contribution in [0.2, 0.25) is 5.04 Å². The summed E-state index contributed by atoms with van der Waals surface area (Å²) < 4.78 is 20.8. The Morgan fingerprint density at radius 1 is 1.00 bits per heavy atom. The van der Waals surface area contributed by atoms with Gasteiger partial charge in [-0.3, -0.25) is 19.2 Å². The molecule has 10 nitrogen and oxygen atoms in total. The summed E-state index contributed by atoms with van der Waals surface area (Å²) in [7, 11) is 0.609. The van der Waals surface area contributed by atoms with E-state index in [4.69, 9.17) is 18.7 Å². The van der Waals surface area contributed by atoms with Gasteiger partial charge >= 0.3 is 5.69 Å². The minimum atomic E-state index is -2.92. The summed E-state index contributed by atoms with van der Waals surface area (Å²) in [4.78, 5) is 33.0. The van der Waals surface area contributed by atoms with Crippen LogP contribution in [-0.4, -0.2) is 80.3 Å². The minimum Gasteiger partial charge on any atom is -0.405 e. The number of nitrogens with zero attached hydrogens (tertiary/aromatic N) is 2. The molecule has 0 aliphatic carbocycles. The Bertz CT molecular complexity index is 1370. The fraction of sp³-hybridized carbons (Fsp3) is 0.484. The summed E-state index contributed by atoms with van der Waals surface area (Å²) >= 11 is 0. The lowest BCUT2D eigenvalue weighted by atomic mass is 10.1. The molecule has 11 heteroatoms. The Morgan fingerprint density at radius 3 is 2.12 bits per heavy atom. The predicted octanol–water partition coefficient (Wildman–Crippen LogP) is 1.81. The molecule has 42 heavy (non-hydrogen) atoms. The maximum atomic E-state index is 12.9. The van der Waals surface area contributed by atoms with Crippen molar-refractivity contribution in [3.05, 3.63) is 93.3 Å². The number of aliphatic hydroxyl groups excluding tert-OH is 1. The third kappa shape index (κ3) is 6.67. The Morgan fingerprint density at radius 2 is 1.60 bits per heavy atom. The molecular formula is C31H43N3O7Si. The van der Waals surface area contributed by atoms with E-state index in [1.807, 2.05) is 43.3 Å². The first-order valence-corrected chi connectivity index (χ1v) is 16.2. The fourth-order valence-corrected chi connectivity index (χ4v) is 10.2. The third-order valence-electron chi connectivity index (χ3n) is 7.63. The van der Waals surface area contributed by atoms with Crippen LogP contribution in [0.5, 0.6) is 0 Å². The van der Waals surface area contributed by atoms with Gasteiger partial charge in [0.25, 0.3) is 13.9 Å². The van der Waals surface area contributed by atoms with E-state index in [0.29, 0.717) is 12.0 Å². The lowest BCUT2D eigenvalue weighted by Crippen LogP contribution is -2.67. The van der Waals surface area contributed by atoms with Gasteiger partial charge in [-0.05, 0) is 21.8 Å². The first-order chi connectivity index (χ1) is 20.0. The normalized spacial score (nSPS) is 21.2. The van der Waals surface area contributed by atoms with Gasteiger partial charge in [0.05, 0.1) is 19.8 Å². The van der Waals surface area contributed by atoms with Crippen LogP contribution in [-0.2, 0) is 25.2 Å². The van der Waals surface area contributed by atoms with Crippen LogP contribution in [0.25, 0.3) is 0 Å². The monoisotopic (exact) mass is 597 g/mol. The first kappa shape index (κ1) is 32.0. The van der Waals surface area contributed by atoms with Crippen molar-refractivity contribution in [3.8, 4) is 0 Å². The molecule has 0 radical (unpaired) electrons. The van der Waals surface area contributed by atoms with Crippen LogP contribution in [0, 0.1) is 0 Å². The summed E-state index contributed by atoms with van der Waals surface area (Å²) in [6.07, 6.45) is -1.90. The number of aliphatic hydroxyl groups is 1. The standard InChI is InChI=1S/C31H43N3O7Si/c1-7-22-20-34(30(37)32-28(22)36)29-27(38-18-19-39-33(5)6)26(35)25(41-29)21-40-42(31(2,3)4,23-14-10-8-11-15-23)24-16-12-9-13-17-24/h8-17,20,25-27,29,35H,7,18-19,21H2,1-6H3,(H,32,36,37)/t25-,26-,27-,29-/m1/s1. The highest BCUT2D eigenvalue weighted by molar-refractivity contribution is 6.99. The van der Waals surface area contributed by atoms with Crippen molar-refractivity contribution in [2.24, 2.45) is 0 Å². The molecule has 1 aromatic heterocycles. The molecule has 2 heterocycles. The van der Waals surface area contributed by atoms with Crippen molar-refractivity contribution in [1.29, 1.82) is 0 Å². The summed E-state index contributed by atoms with van der Waals surface area (Å²) in [5.74, 6) is 0. The van der Waals surface area contributed by atoms with Gasteiger partial charge in [0, 0.05) is 25.9 Å². The highest BCUT2D eigenvalue weighted by Crippen LogP contribution is 2.38. The van der Waals surface area contributed by atoms with Crippen molar-refractivity contribution in [1.82, 2.24) is 14.6 Å². The Kier molecular flexibility index (Phi) is 10.4. The van der Waals surface area contributed by atoms with Gasteiger partial charge in [-0.25, -0.2) is 4.79 Å². The molecule has 1 aliphatic rings. The topological polar surface area (TPSA) is 115 Å². The number of aromatic amines is 1. The molecule has 0 unspecified atom stereocenters. The molecule has 4 atom stereocenters. The molecule has 4 rings (SSSR count). The van der Waals surface area contributed by atoms with E-state index < -0.39 is 44.1 Å². The zero-order chi connectivity index (χ0) is 30.5. The van der Waals surface area contributed by atoms with Crippen LogP contribution < -0.4 is 21.6 Å². The largest absolute Gasteiger partial charge is 0.405 e. The quantitative estimate of drug-likeness (QED) is 0.185. The zero-order valence-corrected chi connectivity index (χ0v) is 26.3. The maximum absolute atomic E-state index is 12.9. The molecule has 0 saturated carbocycles. The molecule has 0 bridgehead atoms. The second-order valence-corrected chi connectivity index (χ2v) is 16.0. The first-order valence-electron chi connectivity index (χ1n) is 14.3. The van der Waals surface area contributed by atoms with Crippen LogP contribution >= 0.6 is 0 Å². The van der Waals surface area contributed by atoms with Crippen molar-refractivity contribution in [2.75, 3.05) is 33.9 Å². The number of aromatic nitrogens is 2. The number of hydrogen-bond acceptors (Lipinski definition) is 8. The van der Waals surface area contributed by atoms with Gasteiger partial charge in [-0.1, -0.05) is 88.4 Å². The third-order valence-corrected chi connectivity index (χ3v) is 12.6. The maximum Gasteiger partial charge on any atom is 0.330 e. The molecule has 1 fully saturated rings. The summed E-state index contributed by atoms with van der Waals surface area (Å²) in [6, 6.07) is 20.4. The molecule has 2 aromatic carbocycles. The van der Waals surface area contributed by atoms with Gasteiger partial charge in [-0.2, -0.15) is 5.06 Å². The lowest BCUT2D eigenvalue weighted by molar-refractivity contribution is -0.151. The smallest absolute Gasteiger partial charge is 0.330 e. The number of ether oxygens (including phenoxy) is 2. The van der Waals surface area contributed by atoms with Crippen LogP contribution in [0.3, 0.4) is 0 Å². The van der Waals surface area contributed by atoms with Crippen molar-refractivity contribution >= 4 is 18.7 Å². The van der Waals surface area contributed by atoms with Crippen molar-refractivity contribution < 1.29 is 23.8 Å². The van der Waals surface area contributed by atoms with Crippen LogP contribution in [0.1, 0.15) is 39.5 Å². The molecule has 0 spiro atoms. The van der Waals surface area contributed by atoms with E-state index in [0.717, 1.165) is 10.4 Å². The number of rotatable bonds is 12.